The predicted octanol–water partition coefficient (Wildman–Crippen LogP) is 0.873. The standard InChI is InChI=1S/C22H29N3O3/c1-16-5-10-20(17(2)13-16)28-12-11-24-21(26)15-25(4)14-18-6-8-19(9-7-18)22(27)23-3/h5-10,13H,11-12,14-15H2,1-4H3,(H,23,27)(H,24,26)/p+1. The molecule has 0 heterocycles. The van der Waals surface area contributed by atoms with Crippen LogP contribution in [0.15, 0.2) is 42.5 Å². The molecule has 0 fully saturated rings. The fourth-order valence-electron chi connectivity index (χ4n) is 2.98. The third kappa shape index (κ3) is 6.70. The average Bonchev–Trinajstić information content (AvgIpc) is 2.66. The maximum absolute atomic E-state index is 12.1. The molecule has 0 aromatic heterocycles. The van der Waals surface area contributed by atoms with Crippen LogP contribution in [0.5, 0.6) is 5.75 Å². The Balaban J connectivity index is 1.70. The lowest BCUT2D eigenvalue weighted by atomic mass is 10.1. The molecule has 150 valence electrons. The van der Waals surface area contributed by atoms with Crippen molar-refractivity contribution in [3.05, 3.63) is 64.7 Å². The fourth-order valence-corrected chi connectivity index (χ4v) is 2.98. The first-order valence-corrected chi connectivity index (χ1v) is 9.48. The van der Waals surface area contributed by atoms with Gasteiger partial charge in [-0.3, -0.25) is 9.59 Å². The molecule has 6 heteroatoms. The first-order chi connectivity index (χ1) is 13.4. The van der Waals surface area contributed by atoms with Gasteiger partial charge in [-0.2, -0.15) is 0 Å². The summed E-state index contributed by atoms with van der Waals surface area (Å²) in [7, 11) is 3.58. The Labute approximate surface area is 166 Å². The first-order valence-electron chi connectivity index (χ1n) is 9.48. The number of ether oxygens (including phenoxy) is 1. The molecule has 6 nitrogen and oxygen atoms in total. The van der Waals surface area contributed by atoms with Gasteiger partial charge in [0.2, 0.25) is 0 Å². The number of hydrogen-bond acceptors (Lipinski definition) is 3. The van der Waals surface area contributed by atoms with Crippen LogP contribution in [-0.2, 0) is 11.3 Å². The number of carbonyl (C=O) groups excluding carboxylic acids is 2. The lowest BCUT2D eigenvalue weighted by molar-refractivity contribution is -0.885. The second-order valence-electron chi connectivity index (χ2n) is 7.05. The summed E-state index contributed by atoms with van der Waals surface area (Å²) in [6, 6.07) is 13.5. The molecule has 28 heavy (non-hydrogen) atoms. The summed E-state index contributed by atoms with van der Waals surface area (Å²) in [5.74, 6) is 0.737. The molecule has 0 saturated carbocycles. The van der Waals surface area contributed by atoms with Gasteiger partial charge in [-0.1, -0.05) is 29.8 Å². The minimum Gasteiger partial charge on any atom is -0.491 e. The molecular weight excluding hydrogens is 354 g/mol. The van der Waals surface area contributed by atoms with E-state index in [9.17, 15) is 9.59 Å². The third-order valence-electron chi connectivity index (χ3n) is 4.42. The molecule has 0 saturated heterocycles. The van der Waals surface area contributed by atoms with Gasteiger partial charge in [-0.05, 0) is 37.6 Å². The zero-order chi connectivity index (χ0) is 20.5. The summed E-state index contributed by atoms with van der Waals surface area (Å²) in [6.45, 7) is 6.06. The number of likely N-dealkylation sites (N-methyl/N-ethyl adjacent to an activating group) is 1. The zero-order valence-electron chi connectivity index (χ0n) is 17.1. The topological polar surface area (TPSA) is 71.9 Å². The van der Waals surface area contributed by atoms with Crippen LogP contribution >= 0.6 is 0 Å². The SMILES string of the molecule is CNC(=O)c1ccc(C[NH+](C)CC(=O)NCCOc2ccc(C)cc2C)cc1. The number of aryl methyl sites for hydroxylation is 2. The normalized spacial score (nSPS) is 11.6. The summed E-state index contributed by atoms with van der Waals surface area (Å²) in [5.41, 5.74) is 4.01. The molecule has 1 atom stereocenters. The Hall–Kier alpha value is -2.86. The Morgan fingerprint density at radius 1 is 1.07 bits per heavy atom. The highest BCUT2D eigenvalue weighted by Gasteiger charge is 2.11. The zero-order valence-corrected chi connectivity index (χ0v) is 17.1. The second-order valence-corrected chi connectivity index (χ2v) is 7.05. The highest BCUT2D eigenvalue weighted by Crippen LogP contribution is 2.18. The number of nitrogens with one attached hydrogen (secondary N) is 3. The van der Waals surface area contributed by atoms with Crippen LogP contribution in [0.1, 0.15) is 27.0 Å². The number of carbonyl (C=O) groups is 2. The van der Waals surface area contributed by atoms with Gasteiger partial charge in [-0.25, -0.2) is 0 Å². The largest absolute Gasteiger partial charge is 0.491 e. The number of quaternary nitrogens is 1. The van der Waals surface area contributed by atoms with Crippen LogP contribution < -0.4 is 20.3 Å². The van der Waals surface area contributed by atoms with Gasteiger partial charge < -0.3 is 20.3 Å². The van der Waals surface area contributed by atoms with Crippen LogP contribution in [0.25, 0.3) is 0 Å². The summed E-state index contributed by atoms with van der Waals surface area (Å²) >= 11 is 0. The molecule has 0 spiro atoms. The van der Waals surface area contributed by atoms with E-state index >= 15 is 0 Å². The fraction of sp³-hybridized carbons (Fsp3) is 0.364. The molecular formula is C22H30N3O3+. The van der Waals surface area contributed by atoms with E-state index in [1.165, 1.54) is 5.56 Å². The van der Waals surface area contributed by atoms with Gasteiger partial charge in [0.25, 0.3) is 11.8 Å². The molecule has 2 rings (SSSR count). The molecule has 3 N–H and O–H groups in total. The van der Waals surface area contributed by atoms with Crippen molar-refractivity contribution in [2.45, 2.75) is 20.4 Å². The van der Waals surface area contributed by atoms with Crippen molar-refractivity contribution >= 4 is 11.8 Å². The van der Waals surface area contributed by atoms with Gasteiger partial charge in [0.15, 0.2) is 6.54 Å². The molecule has 0 aliphatic carbocycles. The quantitative estimate of drug-likeness (QED) is 0.562. The van der Waals surface area contributed by atoms with Crippen LogP contribution in [0, 0.1) is 13.8 Å². The number of rotatable bonds is 9. The Morgan fingerprint density at radius 2 is 1.79 bits per heavy atom. The molecule has 0 radical (unpaired) electrons. The minimum atomic E-state index is -0.102. The van der Waals surface area contributed by atoms with Crippen LogP contribution in [0.2, 0.25) is 0 Å². The average molecular weight is 385 g/mol. The highest BCUT2D eigenvalue weighted by atomic mass is 16.5. The number of hydrogen-bond donors (Lipinski definition) is 3. The lowest BCUT2D eigenvalue weighted by Crippen LogP contribution is -3.08. The van der Waals surface area contributed by atoms with Gasteiger partial charge in [0.1, 0.15) is 18.9 Å². The Bertz CT molecular complexity index is 803. The number of amides is 2. The summed E-state index contributed by atoms with van der Waals surface area (Å²) in [5, 5.41) is 5.49. The van der Waals surface area contributed by atoms with Gasteiger partial charge in [0, 0.05) is 18.2 Å². The Morgan fingerprint density at radius 3 is 2.43 bits per heavy atom. The molecule has 1 unspecified atom stereocenters. The lowest BCUT2D eigenvalue weighted by Gasteiger charge is -2.15. The maximum atomic E-state index is 12.1. The van der Waals surface area contributed by atoms with Gasteiger partial charge in [0.05, 0.1) is 13.6 Å². The number of benzene rings is 2. The van der Waals surface area contributed by atoms with E-state index in [1.807, 2.05) is 45.2 Å². The van der Waals surface area contributed by atoms with Gasteiger partial charge >= 0.3 is 0 Å². The van der Waals surface area contributed by atoms with E-state index in [-0.39, 0.29) is 11.8 Å². The molecule has 0 bridgehead atoms. The summed E-state index contributed by atoms with van der Waals surface area (Å²) in [4.78, 5) is 24.7. The van der Waals surface area contributed by atoms with Crippen LogP contribution in [-0.4, -0.2) is 45.6 Å². The second kappa shape index (κ2) is 10.5. The summed E-state index contributed by atoms with van der Waals surface area (Å²) in [6.07, 6.45) is 0. The van der Waals surface area contributed by atoms with Crippen molar-refractivity contribution in [2.75, 3.05) is 33.8 Å². The molecule has 2 aromatic rings. The molecule has 0 aliphatic heterocycles. The third-order valence-corrected chi connectivity index (χ3v) is 4.42. The first kappa shape index (κ1) is 21.4. The van der Waals surface area contributed by atoms with E-state index in [0.717, 1.165) is 21.8 Å². The van der Waals surface area contributed by atoms with E-state index < -0.39 is 0 Å². The van der Waals surface area contributed by atoms with Crippen molar-refractivity contribution in [3.8, 4) is 5.75 Å². The highest BCUT2D eigenvalue weighted by molar-refractivity contribution is 5.93. The monoisotopic (exact) mass is 384 g/mol. The molecule has 0 aliphatic rings. The minimum absolute atomic E-state index is 0.0105. The van der Waals surface area contributed by atoms with E-state index in [4.69, 9.17) is 4.74 Å². The van der Waals surface area contributed by atoms with Crippen molar-refractivity contribution in [2.24, 2.45) is 0 Å². The summed E-state index contributed by atoms with van der Waals surface area (Å²) < 4.78 is 5.73. The van der Waals surface area contributed by atoms with Crippen molar-refractivity contribution in [1.29, 1.82) is 0 Å². The molecule has 2 aromatic carbocycles. The van der Waals surface area contributed by atoms with Crippen molar-refractivity contribution in [3.63, 3.8) is 0 Å². The van der Waals surface area contributed by atoms with Crippen LogP contribution in [0.3, 0.4) is 0 Å². The smallest absolute Gasteiger partial charge is 0.275 e. The Kier molecular flexibility index (Phi) is 8.02. The van der Waals surface area contributed by atoms with Crippen LogP contribution in [0.4, 0.5) is 0 Å². The van der Waals surface area contributed by atoms with Crippen molar-refractivity contribution in [1.82, 2.24) is 10.6 Å². The van der Waals surface area contributed by atoms with E-state index in [1.54, 1.807) is 19.2 Å². The predicted molar refractivity (Wildman–Crippen MR) is 110 cm³/mol. The van der Waals surface area contributed by atoms with Gasteiger partial charge in [-0.15, -0.1) is 0 Å². The van der Waals surface area contributed by atoms with E-state index in [2.05, 4.69) is 16.7 Å². The maximum Gasteiger partial charge on any atom is 0.275 e. The molecule has 2 amide bonds. The van der Waals surface area contributed by atoms with Crippen molar-refractivity contribution < 1.29 is 19.2 Å². The van der Waals surface area contributed by atoms with E-state index in [0.29, 0.717) is 31.8 Å².